The minimum absolute atomic E-state index is 0.182. The van der Waals surface area contributed by atoms with Gasteiger partial charge in [0.1, 0.15) is 5.75 Å². The van der Waals surface area contributed by atoms with Crippen molar-refractivity contribution in [3.05, 3.63) is 48.0 Å². The summed E-state index contributed by atoms with van der Waals surface area (Å²) in [5.41, 5.74) is 1.93. The van der Waals surface area contributed by atoms with Crippen LogP contribution in [0.2, 0.25) is 0 Å². The summed E-state index contributed by atoms with van der Waals surface area (Å²) in [6.07, 6.45) is 0.712. The number of amides is 1. The molecule has 0 aromatic heterocycles. The van der Waals surface area contributed by atoms with Crippen molar-refractivity contribution in [3.63, 3.8) is 0 Å². The highest BCUT2D eigenvalue weighted by atomic mass is 32.2. The summed E-state index contributed by atoms with van der Waals surface area (Å²) in [4.78, 5) is 11.2. The van der Waals surface area contributed by atoms with Crippen molar-refractivity contribution in [2.75, 3.05) is 16.6 Å². The van der Waals surface area contributed by atoms with Crippen LogP contribution in [0.25, 0.3) is 0 Å². The molecular weight excluding hydrogens is 316 g/mol. The molecular formula is C16H16N2O4S. The highest BCUT2D eigenvalue weighted by molar-refractivity contribution is 7.92. The number of ether oxygens (including phenoxy) is 1. The van der Waals surface area contributed by atoms with Gasteiger partial charge in [-0.2, -0.15) is 0 Å². The van der Waals surface area contributed by atoms with Crippen LogP contribution in [0, 0.1) is 0 Å². The van der Waals surface area contributed by atoms with Gasteiger partial charge in [-0.25, -0.2) is 8.42 Å². The van der Waals surface area contributed by atoms with Gasteiger partial charge in [0.15, 0.2) is 0 Å². The second-order valence-corrected chi connectivity index (χ2v) is 6.91. The fourth-order valence-corrected chi connectivity index (χ4v) is 3.48. The van der Waals surface area contributed by atoms with Crippen LogP contribution in [0.1, 0.15) is 12.5 Å². The van der Waals surface area contributed by atoms with E-state index in [1.165, 1.54) is 13.0 Å². The lowest BCUT2D eigenvalue weighted by atomic mass is 10.2. The molecule has 6 nitrogen and oxygen atoms in total. The van der Waals surface area contributed by atoms with Crippen molar-refractivity contribution in [2.45, 2.75) is 18.2 Å². The Kier molecular flexibility index (Phi) is 3.96. The summed E-state index contributed by atoms with van der Waals surface area (Å²) in [6.45, 7) is 1.99. The number of sulfonamides is 1. The Balaban J connectivity index is 1.79. The van der Waals surface area contributed by atoms with Gasteiger partial charge in [0.25, 0.3) is 10.0 Å². The highest BCUT2D eigenvalue weighted by Gasteiger charge is 2.19. The molecule has 23 heavy (non-hydrogen) atoms. The zero-order chi connectivity index (χ0) is 16.4. The molecule has 0 saturated carbocycles. The minimum atomic E-state index is -3.66. The van der Waals surface area contributed by atoms with Crippen molar-refractivity contribution < 1.29 is 17.9 Å². The molecule has 1 heterocycles. The Bertz CT molecular complexity index is 845. The van der Waals surface area contributed by atoms with E-state index >= 15 is 0 Å². The summed E-state index contributed by atoms with van der Waals surface area (Å²) in [6, 6.07) is 11.3. The van der Waals surface area contributed by atoms with Gasteiger partial charge in [-0.3, -0.25) is 9.52 Å². The number of anilines is 2. The van der Waals surface area contributed by atoms with Crippen LogP contribution in [-0.4, -0.2) is 20.9 Å². The van der Waals surface area contributed by atoms with Gasteiger partial charge in [0.05, 0.1) is 11.5 Å². The summed E-state index contributed by atoms with van der Waals surface area (Å²) >= 11 is 0. The predicted molar refractivity (Wildman–Crippen MR) is 87.2 cm³/mol. The normalized spacial score (nSPS) is 13.1. The van der Waals surface area contributed by atoms with E-state index in [9.17, 15) is 13.2 Å². The first-order valence-electron chi connectivity index (χ1n) is 7.10. The molecule has 1 aliphatic rings. The monoisotopic (exact) mass is 332 g/mol. The molecule has 0 saturated heterocycles. The van der Waals surface area contributed by atoms with Gasteiger partial charge < -0.3 is 10.1 Å². The summed E-state index contributed by atoms with van der Waals surface area (Å²) in [7, 11) is -3.66. The number of carbonyl (C=O) groups is 1. The average molecular weight is 332 g/mol. The van der Waals surface area contributed by atoms with Gasteiger partial charge in [-0.15, -0.1) is 0 Å². The summed E-state index contributed by atoms with van der Waals surface area (Å²) in [5, 5.41) is 2.62. The maximum Gasteiger partial charge on any atom is 0.261 e. The first kappa shape index (κ1) is 15.4. The molecule has 0 unspecified atom stereocenters. The number of fused-ring (bicyclic) bond motifs is 1. The molecule has 1 amide bonds. The third-order valence-electron chi connectivity index (χ3n) is 3.43. The average Bonchev–Trinajstić information content (AvgIpc) is 2.96. The lowest BCUT2D eigenvalue weighted by Crippen LogP contribution is -2.13. The molecule has 0 spiro atoms. The third kappa shape index (κ3) is 3.45. The van der Waals surface area contributed by atoms with Crippen LogP contribution >= 0.6 is 0 Å². The molecule has 2 aromatic rings. The molecule has 0 bridgehead atoms. The van der Waals surface area contributed by atoms with Crippen LogP contribution in [0.15, 0.2) is 47.4 Å². The van der Waals surface area contributed by atoms with E-state index in [0.717, 1.165) is 11.3 Å². The topological polar surface area (TPSA) is 84.5 Å². The number of hydrogen-bond donors (Lipinski definition) is 2. The Labute approximate surface area is 134 Å². The van der Waals surface area contributed by atoms with E-state index in [4.69, 9.17) is 4.74 Å². The minimum Gasteiger partial charge on any atom is -0.493 e. The van der Waals surface area contributed by atoms with Crippen LogP contribution in [0.5, 0.6) is 5.75 Å². The molecule has 2 N–H and O–H groups in total. The molecule has 0 radical (unpaired) electrons. The predicted octanol–water partition coefficient (Wildman–Crippen LogP) is 2.38. The maximum absolute atomic E-state index is 12.4. The number of nitrogens with one attached hydrogen (secondary N) is 2. The fourth-order valence-electron chi connectivity index (χ4n) is 2.37. The van der Waals surface area contributed by atoms with E-state index < -0.39 is 10.0 Å². The van der Waals surface area contributed by atoms with Crippen LogP contribution in [0.4, 0.5) is 11.4 Å². The Hall–Kier alpha value is -2.54. The van der Waals surface area contributed by atoms with Gasteiger partial charge in [0.2, 0.25) is 5.91 Å². The van der Waals surface area contributed by atoms with Crippen molar-refractivity contribution in [3.8, 4) is 5.75 Å². The lowest BCUT2D eigenvalue weighted by molar-refractivity contribution is -0.114. The molecule has 0 fully saturated rings. The highest BCUT2D eigenvalue weighted by Crippen LogP contribution is 2.28. The molecule has 1 aliphatic heterocycles. The van der Waals surface area contributed by atoms with Crippen molar-refractivity contribution in [1.82, 2.24) is 0 Å². The van der Waals surface area contributed by atoms with Gasteiger partial charge in [-0.05, 0) is 48.0 Å². The fraction of sp³-hybridized carbons (Fsp3) is 0.188. The first-order chi connectivity index (χ1) is 10.9. The number of hydrogen-bond acceptors (Lipinski definition) is 4. The largest absolute Gasteiger partial charge is 0.493 e. The van der Waals surface area contributed by atoms with Gasteiger partial charge in [0, 0.05) is 24.7 Å². The zero-order valence-corrected chi connectivity index (χ0v) is 13.3. The lowest BCUT2D eigenvalue weighted by Gasteiger charge is -2.10. The van der Waals surface area contributed by atoms with Gasteiger partial charge >= 0.3 is 0 Å². The van der Waals surface area contributed by atoms with Crippen LogP contribution in [-0.2, 0) is 21.2 Å². The van der Waals surface area contributed by atoms with Crippen LogP contribution in [0.3, 0.4) is 0 Å². The molecule has 7 heteroatoms. The smallest absolute Gasteiger partial charge is 0.261 e. The van der Waals surface area contributed by atoms with E-state index in [1.54, 1.807) is 36.4 Å². The van der Waals surface area contributed by atoms with E-state index in [2.05, 4.69) is 10.0 Å². The quantitative estimate of drug-likeness (QED) is 0.900. The third-order valence-corrected chi connectivity index (χ3v) is 4.81. The van der Waals surface area contributed by atoms with E-state index in [0.29, 0.717) is 24.4 Å². The summed E-state index contributed by atoms with van der Waals surface area (Å²) in [5.74, 6) is 0.558. The van der Waals surface area contributed by atoms with Crippen molar-refractivity contribution >= 4 is 27.3 Å². The molecule has 0 aliphatic carbocycles. The van der Waals surface area contributed by atoms with Gasteiger partial charge in [-0.1, -0.05) is 0 Å². The molecule has 3 rings (SSSR count). The molecule has 0 atom stereocenters. The number of benzene rings is 2. The SMILES string of the molecule is CC(=O)Nc1ccc(NS(=O)(=O)c2ccc3c(c2)CCO3)cc1. The second-order valence-electron chi connectivity index (χ2n) is 5.23. The number of rotatable bonds is 4. The first-order valence-corrected chi connectivity index (χ1v) is 8.58. The zero-order valence-electron chi connectivity index (χ0n) is 12.5. The van der Waals surface area contributed by atoms with Crippen LogP contribution < -0.4 is 14.8 Å². The van der Waals surface area contributed by atoms with Crippen molar-refractivity contribution in [2.24, 2.45) is 0 Å². The Morgan fingerprint density at radius 2 is 1.78 bits per heavy atom. The molecule has 2 aromatic carbocycles. The van der Waals surface area contributed by atoms with E-state index in [-0.39, 0.29) is 10.8 Å². The molecule has 120 valence electrons. The number of carbonyl (C=O) groups excluding carboxylic acids is 1. The van der Waals surface area contributed by atoms with E-state index in [1.807, 2.05) is 0 Å². The van der Waals surface area contributed by atoms with Crippen molar-refractivity contribution in [1.29, 1.82) is 0 Å². The Morgan fingerprint density at radius 3 is 2.48 bits per heavy atom. The summed E-state index contributed by atoms with van der Waals surface area (Å²) < 4.78 is 32.8. The Morgan fingerprint density at radius 1 is 1.09 bits per heavy atom. The standard InChI is InChI=1S/C16H16N2O4S/c1-11(19)17-13-2-4-14(5-3-13)18-23(20,21)15-6-7-16-12(10-15)8-9-22-16/h2-7,10,18H,8-9H2,1H3,(H,17,19). The maximum atomic E-state index is 12.4. The second kappa shape index (κ2) is 5.92.